The molecule has 0 atom stereocenters. The third kappa shape index (κ3) is 3.30. The highest BCUT2D eigenvalue weighted by Gasteiger charge is 2.11. The number of aromatic nitrogens is 1. The van der Waals surface area contributed by atoms with Crippen LogP contribution in [0.5, 0.6) is 0 Å². The van der Waals surface area contributed by atoms with Crippen LogP contribution in [-0.4, -0.2) is 11.1 Å². The van der Waals surface area contributed by atoms with Gasteiger partial charge in [-0.05, 0) is 18.2 Å². The molecule has 1 amide bonds. The van der Waals surface area contributed by atoms with Crippen LogP contribution in [0, 0.1) is 11.6 Å². The third-order valence-electron chi connectivity index (χ3n) is 2.19. The van der Waals surface area contributed by atoms with Crippen molar-refractivity contribution in [3.05, 3.63) is 47.4 Å². The number of rotatable bonds is 4. The van der Waals surface area contributed by atoms with Crippen molar-refractivity contribution in [2.75, 3.05) is 0 Å². The Balaban J connectivity index is 2.00. The number of hydrogen-bond donors (Lipinski definition) is 2. The molecular weight excluding hydrogens is 276 g/mol. The summed E-state index contributed by atoms with van der Waals surface area (Å²) in [6, 6.07) is 5.01. The van der Waals surface area contributed by atoms with Crippen molar-refractivity contribution in [1.82, 2.24) is 10.6 Å². The Morgan fingerprint density at radius 1 is 1.37 bits per heavy atom. The van der Waals surface area contributed by atoms with Gasteiger partial charge in [-0.15, -0.1) is 11.8 Å². The van der Waals surface area contributed by atoms with E-state index < -0.39 is 17.5 Å². The van der Waals surface area contributed by atoms with E-state index in [1.54, 1.807) is 0 Å². The van der Waals surface area contributed by atoms with Crippen LogP contribution in [0.15, 0.2) is 33.7 Å². The van der Waals surface area contributed by atoms with Gasteiger partial charge in [0.1, 0.15) is 5.76 Å². The second-order valence-corrected chi connectivity index (χ2v) is 4.57. The van der Waals surface area contributed by atoms with E-state index in [2.05, 4.69) is 5.16 Å². The summed E-state index contributed by atoms with van der Waals surface area (Å²) in [4.78, 5) is 11.7. The Morgan fingerprint density at radius 3 is 2.84 bits per heavy atom. The maximum Gasteiger partial charge on any atom is 0.287 e. The predicted molar refractivity (Wildman–Crippen MR) is 64.1 cm³/mol. The normalized spacial score (nSPS) is 10.5. The number of hydrogen-bond acceptors (Lipinski definition) is 5. The quantitative estimate of drug-likeness (QED) is 0.388. The number of halogens is 2. The first-order valence-corrected chi connectivity index (χ1v) is 6.13. The van der Waals surface area contributed by atoms with E-state index in [9.17, 15) is 13.6 Å². The van der Waals surface area contributed by atoms with E-state index in [0.717, 1.165) is 12.1 Å². The number of nitrogens with zero attached hydrogens (tertiary/aromatic N) is 1. The van der Waals surface area contributed by atoms with Gasteiger partial charge in [-0.2, -0.15) is 0 Å². The molecule has 19 heavy (non-hydrogen) atoms. The number of nitrogens with one attached hydrogen (secondary N) is 1. The summed E-state index contributed by atoms with van der Waals surface area (Å²) >= 11 is 1.23. The Labute approximate surface area is 111 Å². The van der Waals surface area contributed by atoms with Gasteiger partial charge in [-0.25, -0.2) is 14.6 Å². The molecule has 0 radical (unpaired) electrons. The molecule has 2 aromatic rings. The molecule has 0 bridgehead atoms. The Morgan fingerprint density at radius 2 is 2.16 bits per heavy atom. The van der Waals surface area contributed by atoms with Gasteiger partial charge in [0.2, 0.25) is 0 Å². The van der Waals surface area contributed by atoms with Crippen LogP contribution in [0.3, 0.4) is 0 Å². The van der Waals surface area contributed by atoms with Crippen LogP contribution in [-0.2, 0) is 5.75 Å². The fraction of sp³-hybridized carbons (Fsp3) is 0.0909. The molecule has 0 fully saturated rings. The van der Waals surface area contributed by atoms with Gasteiger partial charge in [0.25, 0.3) is 5.91 Å². The van der Waals surface area contributed by atoms with Crippen LogP contribution in [0.4, 0.5) is 8.78 Å². The highest BCUT2D eigenvalue weighted by atomic mass is 32.2. The number of nitrogen functional groups attached to an aromatic ring is 1. The Hall–Kier alpha value is -1.93. The van der Waals surface area contributed by atoms with Crippen molar-refractivity contribution in [2.24, 2.45) is 5.84 Å². The summed E-state index contributed by atoms with van der Waals surface area (Å²) in [6.07, 6.45) is 0. The van der Waals surface area contributed by atoms with Gasteiger partial charge in [0.05, 0.1) is 5.75 Å². The van der Waals surface area contributed by atoms with Gasteiger partial charge in [-0.1, -0.05) is 5.16 Å². The number of carbonyl (C=O) groups is 1. The standard InChI is InChI=1S/C11H9F2N3O2S/c12-8-2-1-7(4-9(8)13)19-5-6-3-10(16-18-6)11(17)15-14/h1-4H,5,14H2,(H,15,17). The minimum Gasteiger partial charge on any atom is -0.360 e. The van der Waals surface area contributed by atoms with Crippen LogP contribution < -0.4 is 11.3 Å². The van der Waals surface area contributed by atoms with Crippen LogP contribution in [0.2, 0.25) is 0 Å². The maximum absolute atomic E-state index is 13.0. The monoisotopic (exact) mass is 285 g/mol. The largest absolute Gasteiger partial charge is 0.360 e. The minimum atomic E-state index is -0.911. The highest BCUT2D eigenvalue weighted by molar-refractivity contribution is 7.98. The van der Waals surface area contributed by atoms with Gasteiger partial charge in [-0.3, -0.25) is 10.2 Å². The van der Waals surface area contributed by atoms with E-state index in [0.29, 0.717) is 16.4 Å². The topological polar surface area (TPSA) is 81.1 Å². The Bertz CT molecular complexity index is 603. The molecule has 0 aliphatic rings. The SMILES string of the molecule is NNC(=O)c1cc(CSc2ccc(F)c(F)c2)on1. The molecule has 0 saturated heterocycles. The third-order valence-corrected chi connectivity index (χ3v) is 3.21. The van der Waals surface area contributed by atoms with Crippen molar-refractivity contribution >= 4 is 17.7 Å². The zero-order chi connectivity index (χ0) is 13.8. The van der Waals surface area contributed by atoms with Crippen molar-refractivity contribution in [1.29, 1.82) is 0 Å². The number of thioether (sulfide) groups is 1. The zero-order valence-corrected chi connectivity index (χ0v) is 10.3. The van der Waals surface area contributed by atoms with Crippen LogP contribution in [0.25, 0.3) is 0 Å². The van der Waals surface area contributed by atoms with E-state index in [1.165, 1.54) is 23.9 Å². The minimum absolute atomic E-state index is 0.0587. The summed E-state index contributed by atoms with van der Waals surface area (Å²) in [6.45, 7) is 0. The lowest BCUT2D eigenvalue weighted by molar-refractivity contribution is 0.0944. The number of amides is 1. The predicted octanol–water partition coefficient (Wildman–Crippen LogP) is 1.85. The highest BCUT2D eigenvalue weighted by Crippen LogP contribution is 2.24. The summed E-state index contributed by atoms with van der Waals surface area (Å²) in [7, 11) is 0. The van der Waals surface area contributed by atoms with E-state index in [-0.39, 0.29) is 5.69 Å². The van der Waals surface area contributed by atoms with E-state index in [1.807, 2.05) is 5.43 Å². The molecule has 1 heterocycles. The Kier molecular flexibility index (Phi) is 4.13. The lowest BCUT2D eigenvalue weighted by Gasteiger charge is -1.99. The summed E-state index contributed by atoms with van der Waals surface area (Å²) in [5, 5.41) is 3.52. The lowest BCUT2D eigenvalue weighted by Crippen LogP contribution is -2.30. The molecule has 0 aliphatic carbocycles. The fourth-order valence-electron chi connectivity index (χ4n) is 1.28. The average molecular weight is 285 g/mol. The van der Waals surface area contributed by atoms with Gasteiger partial charge >= 0.3 is 0 Å². The number of benzene rings is 1. The van der Waals surface area contributed by atoms with Gasteiger partial charge < -0.3 is 4.52 Å². The maximum atomic E-state index is 13.0. The first kappa shape index (κ1) is 13.5. The lowest BCUT2D eigenvalue weighted by atomic mass is 10.3. The first-order chi connectivity index (χ1) is 9.10. The van der Waals surface area contributed by atoms with E-state index >= 15 is 0 Å². The molecule has 0 saturated carbocycles. The van der Waals surface area contributed by atoms with Gasteiger partial charge in [0, 0.05) is 11.0 Å². The second-order valence-electron chi connectivity index (χ2n) is 3.52. The molecular formula is C11H9F2N3O2S. The van der Waals surface area contributed by atoms with Gasteiger partial charge in [0.15, 0.2) is 17.3 Å². The average Bonchev–Trinajstić information content (AvgIpc) is 2.88. The van der Waals surface area contributed by atoms with Crippen molar-refractivity contribution in [2.45, 2.75) is 10.6 Å². The smallest absolute Gasteiger partial charge is 0.287 e. The molecule has 8 heteroatoms. The zero-order valence-electron chi connectivity index (χ0n) is 9.52. The molecule has 3 N–H and O–H groups in total. The number of carbonyl (C=O) groups excluding carboxylic acids is 1. The molecule has 1 aromatic carbocycles. The summed E-state index contributed by atoms with van der Waals surface area (Å²) < 4.78 is 30.6. The second kappa shape index (κ2) is 5.81. The van der Waals surface area contributed by atoms with Crippen LogP contribution >= 0.6 is 11.8 Å². The fourth-order valence-corrected chi connectivity index (χ4v) is 2.08. The van der Waals surface area contributed by atoms with Crippen molar-refractivity contribution in [3.63, 3.8) is 0 Å². The van der Waals surface area contributed by atoms with Crippen LogP contribution in [0.1, 0.15) is 16.2 Å². The summed E-state index contributed by atoms with van der Waals surface area (Å²) in [5.41, 5.74) is 1.98. The van der Waals surface area contributed by atoms with Crippen molar-refractivity contribution < 1.29 is 18.1 Å². The van der Waals surface area contributed by atoms with E-state index in [4.69, 9.17) is 10.4 Å². The molecule has 1 aromatic heterocycles. The number of nitrogens with two attached hydrogens (primary N) is 1. The van der Waals surface area contributed by atoms with Crippen molar-refractivity contribution in [3.8, 4) is 0 Å². The molecule has 5 nitrogen and oxygen atoms in total. The molecule has 0 spiro atoms. The molecule has 0 aliphatic heterocycles. The molecule has 100 valence electrons. The first-order valence-electron chi connectivity index (χ1n) is 5.14. The molecule has 2 rings (SSSR count). The molecule has 0 unspecified atom stereocenters. The number of hydrazine groups is 1. The summed E-state index contributed by atoms with van der Waals surface area (Å²) in [5.74, 6) is 3.33.